The number of nitrogens with one attached hydrogen (secondary N) is 3. The summed E-state index contributed by atoms with van der Waals surface area (Å²) in [5, 5.41) is 8.83. The Morgan fingerprint density at radius 1 is 0.933 bits per heavy atom. The molecule has 3 N–H and O–H groups in total. The topological polar surface area (TPSA) is 90.5 Å². The molecule has 1 aromatic carbocycles. The Bertz CT molecular complexity index is 696. The van der Waals surface area contributed by atoms with E-state index in [1.165, 1.54) is 19.3 Å². The molecule has 0 unspecified atom stereocenters. The van der Waals surface area contributed by atoms with Gasteiger partial charge in [0.1, 0.15) is 0 Å². The Balaban J connectivity index is 1.27. The van der Waals surface area contributed by atoms with Crippen LogP contribution in [0, 0.1) is 5.92 Å². The van der Waals surface area contributed by atoms with Crippen molar-refractivity contribution in [1.29, 1.82) is 0 Å². The van der Waals surface area contributed by atoms with Crippen LogP contribution in [0.25, 0.3) is 0 Å². The van der Waals surface area contributed by atoms with Gasteiger partial charge in [-0.15, -0.1) is 0 Å². The van der Waals surface area contributed by atoms with Gasteiger partial charge in [-0.05, 0) is 44.2 Å². The molecule has 1 aromatic rings. The minimum Gasteiger partial charge on any atom is -0.343 e. The Morgan fingerprint density at radius 2 is 1.63 bits per heavy atom. The maximum absolute atomic E-state index is 12.4. The Hall–Kier alpha value is -2.57. The molecule has 1 saturated carbocycles. The van der Waals surface area contributed by atoms with Crippen molar-refractivity contribution >= 4 is 23.5 Å². The van der Waals surface area contributed by atoms with E-state index in [9.17, 15) is 14.4 Å². The number of rotatable bonds is 7. The summed E-state index contributed by atoms with van der Waals surface area (Å²) in [7, 11) is 0. The molecule has 1 aliphatic carbocycles. The maximum atomic E-state index is 12.4. The van der Waals surface area contributed by atoms with Crippen molar-refractivity contribution in [2.75, 3.05) is 25.0 Å². The predicted octanol–water partition coefficient (Wildman–Crippen LogP) is 3.28. The minimum atomic E-state index is -0.125. The number of urea groups is 1. The fourth-order valence-corrected chi connectivity index (χ4v) is 4.24. The SMILES string of the molecule is O=C(NCCCC(=O)N1CCC(C(=O)Nc2ccccc2)CC1)NC1CCCCC1. The number of hydrogen-bond acceptors (Lipinski definition) is 3. The van der Waals surface area contributed by atoms with Crippen molar-refractivity contribution < 1.29 is 14.4 Å². The molecule has 30 heavy (non-hydrogen) atoms. The average molecular weight is 415 g/mol. The van der Waals surface area contributed by atoms with Crippen LogP contribution in [0.3, 0.4) is 0 Å². The first-order chi connectivity index (χ1) is 14.6. The van der Waals surface area contributed by atoms with E-state index in [0.29, 0.717) is 51.4 Å². The second-order valence-electron chi connectivity index (χ2n) is 8.35. The number of likely N-dealkylation sites (tertiary alicyclic amines) is 1. The van der Waals surface area contributed by atoms with Gasteiger partial charge in [-0.1, -0.05) is 37.5 Å². The largest absolute Gasteiger partial charge is 0.343 e. The monoisotopic (exact) mass is 414 g/mol. The van der Waals surface area contributed by atoms with Gasteiger partial charge in [0, 0.05) is 43.7 Å². The van der Waals surface area contributed by atoms with Gasteiger partial charge >= 0.3 is 6.03 Å². The number of carbonyl (C=O) groups excluding carboxylic acids is 3. The molecule has 2 fully saturated rings. The lowest BCUT2D eigenvalue weighted by atomic mass is 9.95. The first-order valence-electron chi connectivity index (χ1n) is 11.3. The molecule has 0 bridgehead atoms. The third-order valence-electron chi connectivity index (χ3n) is 6.05. The van der Waals surface area contributed by atoms with Crippen molar-refractivity contribution in [3.63, 3.8) is 0 Å². The lowest BCUT2D eigenvalue weighted by Crippen LogP contribution is -2.43. The molecule has 0 spiro atoms. The highest BCUT2D eigenvalue weighted by Gasteiger charge is 2.27. The molecular weight excluding hydrogens is 380 g/mol. The molecule has 1 aliphatic heterocycles. The van der Waals surface area contributed by atoms with Crippen molar-refractivity contribution in [2.45, 2.75) is 63.8 Å². The summed E-state index contributed by atoms with van der Waals surface area (Å²) in [6.07, 6.45) is 8.18. The number of carbonyl (C=O) groups is 3. The number of para-hydroxylation sites is 1. The number of nitrogens with zero attached hydrogens (tertiary/aromatic N) is 1. The normalized spacial score (nSPS) is 17.9. The first-order valence-corrected chi connectivity index (χ1v) is 11.3. The van der Waals surface area contributed by atoms with Gasteiger partial charge in [0.25, 0.3) is 0 Å². The predicted molar refractivity (Wildman–Crippen MR) is 117 cm³/mol. The molecular formula is C23H34N4O3. The molecule has 0 radical (unpaired) electrons. The zero-order chi connectivity index (χ0) is 21.2. The van der Waals surface area contributed by atoms with E-state index < -0.39 is 0 Å². The first kappa shape index (κ1) is 22.1. The highest BCUT2D eigenvalue weighted by Crippen LogP contribution is 2.20. The summed E-state index contributed by atoms with van der Waals surface area (Å²) in [5.74, 6) is 0.0762. The van der Waals surface area contributed by atoms with Crippen LogP contribution in [0.4, 0.5) is 10.5 Å². The number of hydrogen-bond donors (Lipinski definition) is 3. The van der Waals surface area contributed by atoms with Gasteiger partial charge in [-0.3, -0.25) is 9.59 Å². The lowest BCUT2D eigenvalue weighted by Gasteiger charge is -2.31. The van der Waals surface area contributed by atoms with E-state index in [1.54, 1.807) is 0 Å². The van der Waals surface area contributed by atoms with Crippen LogP contribution in [0.15, 0.2) is 30.3 Å². The van der Waals surface area contributed by atoms with Gasteiger partial charge in [0.05, 0.1) is 0 Å². The number of anilines is 1. The van der Waals surface area contributed by atoms with Gasteiger partial charge in [0.2, 0.25) is 11.8 Å². The van der Waals surface area contributed by atoms with Gasteiger partial charge in [-0.2, -0.15) is 0 Å². The second kappa shape index (κ2) is 11.6. The van der Waals surface area contributed by atoms with E-state index in [2.05, 4.69) is 16.0 Å². The van der Waals surface area contributed by atoms with Crippen LogP contribution in [-0.2, 0) is 9.59 Å². The third-order valence-corrected chi connectivity index (χ3v) is 6.05. The second-order valence-corrected chi connectivity index (χ2v) is 8.35. The smallest absolute Gasteiger partial charge is 0.315 e. The number of piperidine rings is 1. The quantitative estimate of drug-likeness (QED) is 0.598. The average Bonchev–Trinajstić information content (AvgIpc) is 2.78. The molecule has 0 atom stereocenters. The van der Waals surface area contributed by atoms with Crippen LogP contribution in [0.5, 0.6) is 0 Å². The fraction of sp³-hybridized carbons (Fsp3) is 0.609. The van der Waals surface area contributed by atoms with E-state index >= 15 is 0 Å². The number of amides is 4. The highest BCUT2D eigenvalue weighted by atomic mass is 16.2. The van der Waals surface area contributed by atoms with E-state index in [4.69, 9.17) is 0 Å². The molecule has 7 heteroatoms. The summed E-state index contributed by atoms with van der Waals surface area (Å²) in [6, 6.07) is 9.62. The van der Waals surface area contributed by atoms with E-state index in [-0.39, 0.29) is 23.8 Å². The molecule has 1 saturated heterocycles. The van der Waals surface area contributed by atoms with Gasteiger partial charge in [0.15, 0.2) is 0 Å². The van der Waals surface area contributed by atoms with Crippen LogP contribution >= 0.6 is 0 Å². The van der Waals surface area contributed by atoms with Crippen molar-refractivity contribution in [3.8, 4) is 0 Å². The van der Waals surface area contributed by atoms with Crippen LogP contribution in [0.1, 0.15) is 57.8 Å². The zero-order valence-electron chi connectivity index (χ0n) is 17.7. The Morgan fingerprint density at radius 3 is 2.33 bits per heavy atom. The van der Waals surface area contributed by atoms with Crippen molar-refractivity contribution in [2.24, 2.45) is 5.92 Å². The van der Waals surface area contributed by atoms with Crippen LogP contribution in [0.2, 0.25) is 0 Å². The third kappa shape index (κ3) is 7.04. The summed E-state index contributed by atoms with van der Waals surface area (Å²) < 4.78 is 0. The van der Waals surface area contributed by atoms with Gasteiger partial charge in [-0.25, -0.2) is 4.79 Å². The molecule has 0 aromatic heterocycles. The van der Waals surface area contributed by atoms with E-state index in [1.807, 2.05) is 35.2 Å². The molecule has 4 amide bonds. The minimum absolute atomic E-state index is 0.0291. The Kier molecular flexibility index (Phi) is 8.53. The number of benzene rings is 1. The summed E-state index contributed by atoms with van der Waals surface area (Å²) in [4.78, 5) is 38.6. The van der Waals surface area contributed by atoms with Crippen molar-refractivity contribution in [3.05, 3.63) is 30.3 Å². The molecule has 2 aliphatic rings. The standard InChI is InChI=1S/C23H34N4O3/c28-21(12-7-15-24-23(30)26-20-10-5-2-6-11-20)27-16-13-18(14-17-27)22(29)25-19-8-3-1-4-9-19/h1,3-4,8-9,18,20H,2,5-7,10-17H2,(H,25,29)(H2,24,26,30). The van der Waals surface area contributed by atoms with Crippen LogP contribution < -0.4 is 16.0 Å². The summed E-state index contributed by atoms with van der Waals surface area (Å²) >= 11 is 0. The van der Waals surface area contributed by atoms with Crippen molar-refractivity contribution in [1.82, 2.24) is 15.5 Å². The Labute approximate surface area is 179 Å². The summed E-state index contributed by atoms with van der Waals surface area (Å²) in [5.41, 5.74) is 0.807. The molecule has 3 rings (SSSR count). The fourth-order valence-electron chi connectivity index (χ4n) is 4.24. The summed E-state index contributed by atoms with van der Waals surface area (Å²) in [6.45, 7) is 1.73. The molecule has 164 valence electrons. The molecule has 1 heterocycles. The van der Waals surface area contributed by atoms with Crippen LogP contribution in [-0.4, -0.2) is 48.4 Å². The zero-order valence-corrected chi connectivity index (χ0v) is 17.7. The van der Waals surface area contributed by atoms with Gasteiger partial charge < -0.3 is 20.9 Å². The lowest BCUT2D eigenvalue weighted by molar-refractivity contribution is -0.134. The maximum Gasteiger partial charge on any atom is 0.315 e. The molecule has 7 nitrogen and oxygen atoms in total. The van der Waals surface area contributed by atoms with E-state index in [0.717, 1.165) is 18.5 Å². The highest BCUT2D eigenvalue weighted by molar-refractivity contribution is 5.92.